The maximum absolute atomic E-state index is 5.70. The number of benzene rings is 1. The molecule has 1 aromatic carbocycles. The maximum Gasteiger partial charge on any atom is 0.191 e. The van der Waals surface area contributed by atoms with E-state index in [-0.39, 0.29) is 0 Å². The Balaban J connectivity index is 1.79. The number of hydrogen-bond donors (Lipinski definition) is 0. The number of aromatic nitrogens is 3. The smallest absolute Gasteiger partial charge is 0.191 e. The van der Waals surface area contributed by atoms with Crippen molar-refractivity contribution in [3.63, 3.8) is 0 Å². The topological polar surface area (TPSA) is 43.2 Å². The average molecular weight is 346 g/mol. The second-order valence-corrected chi connectivity index (χ2v) is 6.84. The Labute approximate surface area is 148 Å². The highest BCUT2D eigenvalue weighted by atomic mass is 32.2. The molecule has 2 aromatic rings. The van der Waals surface area contributed by atoms with Gasteiger partial charge in [0, 0.05) is 19.3 Å². The third-order valence-electron chi connectivity index (χ3n) is 3.67. The molecule has 1 aromatic heterocycles. The fraction of sp³-hybridized carbons (Fsp3) is 0.444. The van der Waals surface area contributed by atoms with E-state index in [0.29, 0.717) is 6.61 Å². The van der Waals surface area contributed by atoms with Crippen molar-refractivity contribution in [2.24, 2.45) is 7.05 Å². The van der Waals surface area contributed by atoms with E-state index in [1.165, 1.54) is 5.57 Å². The van der Waals surface area contributed by atoms with Crippen LogP contribution in [0, 0.1) is 0 Å². The Hall–Kier alpha value is -1.79. The molecule has 0 spiro atoms. The summed E-state index contributed by atoms with van der Waals surface area (Å²) in [6.45, 7) is 6.59. The van der Waals surface area contributed by atoms with Gasteiger partial charge in [-0.3, -0.25) is 4.90 Å². The molecule has 0 fully saturated rings. The third kappa shape index (κ3) is 5.69. The van der Waals surface area contributed by atoms with Gasteiger partial charge in [0.15, 0.2) is 5.16 Å². The monoisotopic (exact) mass is 346 g/mol. The Kier molecular flexibility index (Phi) is 7.34. The molecule has 1 heterocycles. The van der Waals surface area contributed by atoms with Crippen molar-refractivity contribution in [1.29, 1.82) is 0 Å². The first-order valence-electron chi connectivity index (χ1n) is 8.09. The van der Waals surface area contributed by atoms with Crippen LogP contribution in [0.5, 0.6) is 5.75 Å². The number of para-hydroxylation sites is 1. The van der Waals surface area contributed by atoms with E-state index in [4.69, 9.17) is 4.74 Å². The lowest BCUT2D eigenvalue weighted by atomic mass is 10.3. The molecule has 0 aliphatic rings. The van der Waals surface area contributed by atoms with E-state index >= 15 is 0 Å². The average Bonchev–Trinajstić information content (AvgIpc) is 2.92. The molecule has 0 atom stereocenters. The summed E-state index contributed by atoms with van der Waals surface area (Å²) in [5.74, 6) is 2.72. The lowest BCUT2D eigenvalue weighted by Gasteiger charge is -2.16. The van der Waals surface area contributed by atoms with Crippen LogP contribution in [0.3, 0.4) is 0 Å². The van der Waals surface area contributed by atoms with Crippen LogP contribution in [0.15, 0.2) is 47.1 Å². The standard InChI is InChI=1S/C18H26N4OS/c1-5-15(2)13-21(3)14-17-19-20-18(22(17)4)24-12-11-23-16-9-7-6-8-10-16/h5-10H,11-14H2,1-4H3/b15-5+. The Morgan fingerprint density at radius 1 is 1.29 bits per heavy atom. The summed E-state index contributed by atoms with van der Waals surface area (Å²) in [6.07, 6.45) is 2.14. The highest BCUT2D eigenvalue weighted by molar-refractivity contribution is 7.99. The number of thioether (sulfide) groups is 1. The van der Waals surface area contributed by atoms with Crippen LogP contribution in [0.2, 0.25) is 0 Å². The van der Waals surface area contributed by atoms with Gasteiger partial charge >= 0.3 is 0 Å². The molecule has 0 radical (unpaired) electrons. The van der Waals surface area contributed by atoms with Crippen molar-refractivity contribution in [3.05, 3.63) is 47.8 Å². The van der Waals surface area contributed by atoms with Gasteiger partial charge in [-0.05, 0) is 33.0 Å². The first kappa shape index (κ1) is 18.5. The molecule has 24 heavy (non-hydrogen) atoms. The van der Waals surface area contributed by atoms with E-state index in [0.717, 1.165) is 35.6 Å². The highest BCUT2D eigenvalue weighted by Crippen LogP contribution is 2.17. The zero-order chi connectivity index (χ0) is 17.4. The molecule has 0 aliphatic heterocycles. The van der Waals surface area contributed by atoms with Gasteiger partial charge in [0.05, 0.1) is 13.2 Å². The molecule has 0 N–H and O–H groups in total. The number of likely N-dealkylation sites (N-methyl/N-ethyl adjacent to an activating group) is 1. The molecular weight excluding hydrogens is 320 g/mol. The fourth-order valence-corrected chi connectivity index (χ4v) is 2.98. The molecule has 0 aliphatic carbocycles. The minimum atomic E-state index is 0.650. The maximum atomic E-state index is 5.70. The molecule has 0 bridgehead atoms. The second-order valence-electron chi connectivity index (χ2n) is 5.78. The largest absolute Gasteiger partial charge is 0.493 e. The zero-order valence-electron chi connectivity index (χ0n) is 14.9. The summed E-state index contributed by atoms with van der Waals surface area (Å²) >= 11 is 1.67. The Morgan fingerprint density at radius 2 is 2.04 bits per heavy atom. The van der Waals surface area contributed by atoms with Crippen LogP contribution >= 0.6 is 11.8 Å². The van der Waals surface area contributed by atoms with Crippen molar-refractivity contribution >= 4 is 11.8 Å². The van der Waals surface area contributed by atoms with Gasteiger partial charge in [0.2, 0.25) is 0 Å². The Bertz CT molecular complexity index is 654. The van der Waals surface area contributed by atoms with Gasteiger partial charge in [-0.25, -0.2) is 0 Å². The lowest BCUT2D eigenvalue weighted by molar-refractivity contribution is 0.339. The predicted octanol–water partition coefficient (Wildman–Crippen LogP) is 3.38. The second kappa shape index (κ2) is 9.49. The van der Waals surface area contributed by atoms with Gasteiger partial charge in [-0.2, -0.15) is 0 Å². The van der Waals surface area contributed by atoms with Gasteiger partial charge < -0.3 is 9.30 Å². The minimum absolute atomic E-state index is 0.650. The fourth-order valence-electron chi connectivity index (χ4n) is 2.23. The van der Waals surface area contributed by atoms with Crippen molar-refractivity contribution in [2.75, 3.05) is 26.0 Å². The van der Waals surface area contributed by atoms with E-state index < -0.39 is 0 Å². The van der Waals surface area contributed by atoms with Crippen LogP contribution in [0.4, 0.5) is 0 Å². The molecule has 2 rings (SSSR count). The van der Waals surface area contributed by atoms with Crippen molar-refractivity contribution in [1.82, 2.24) is 19.7 Å². The van der Waals surface area contributed by atoms with Gasteiger partial charge in [0.25, 0.3) is 0 Å². The summed E-state index contributed by atoms with van der Waals surface area (Å²) in [4.78, 5) is 2.24. The van der Waals surface area contributed by atoms with Crippen LogP contribution in [0.25, 0.3) is 0 Å². The SMILES string of the molecule is C/C=C(\C)CN(C)Cc1nnc(SCCOc2ccccc2)n1C. The molecule has 0 unspecified atom stereocenters. The number of allylic oxidation sites excluding steroid dienone is 1. The summed E-state index contributed by atoms with van der Waals surface area (Å²) in [5.41, 5.74) is 1.35. The summed E-state index contributed by atoms with van der Waals surface area (Å²) in [6, 6.07) is 9.87. The molecule has 0 amide bonds. The minimum Gasteiger partial charge on any atom is -0.493 e. The van der Waals surface area contributed by atoms with Crippen molar-refractivity contribution in [3.8, 4) is 5.75 Å². The zero-order valence-corrected chi connectivity index (χ0v) is 15.7. The van der Waals surface area contributed by atoms with Crippen molar-refractivity contribution in [2.45, 2.75) is 25.5 Å². The number of ether oxygens (including phenoxy) is 1. The van der Waals surface area contributed by atoms with Gasteiger partial charge in [-0.1, -0.05) is 41.6 Å². The van der Waals surface area contributed by atoms with Crippen LogP contribution in [-0.2, 0) is 13.6 Å². The van der Waals surface area contributed by atoms with E-state index in [2.05, 4.69) is 46.6 Å². The number of hydrogen-bond acceptors (Lipinski definition) is 5. The quantitative estimate of drug-likeness (QED) is 0.396. The predicted molar refractivity (Wildman–Crippen MR) is 99.4 cm³/mol. The number of rotatable bonds is 9. The molecular formula is C18H26N4OS. The van der Waals surface area contributed by atoms with Crippen LogP contribution < -0.4 is 4.74 Å². The van der Waals surface area contributed by atoms with Crippen molar-refractivity contribution < 1.29 is 4.74 Å². The highest BCUT2D eigenvalue weighted by Gasteiger charge is 2.11. The summed E-state index contributed by atoms with van der Waals surface area (Å²) < 4.78 is 7.77. The van der Waals surface area contributed by atoms with E-state index in [1.54, 1.807) is 11.8 Å². The summed E-state index contributed by atoms with van der Waals surface area (Å²) in [5, 5.41) is 9.54. The summed E-state index contributed by atoms with van der Waals surface area (Å²) in [7, 11) is 4.12. The van der Waals surface area contributed by atoms with E-state index in [1.807, 2.05) is 37.4 Å². The molecule has 0 saturated heterocycles. The Morgan fingerprint density at radius 3 is 2.75 bits per heavy atom. The molecule has 6 heteroatoms. The lowest BCUT2D eigenvalue weighted by Crippen LogP contribution is -2.22. The number of nitrogens with zero attached hydrogens (tertiary/aromatic N) is 4. The molecule has 0 saturated carbocycles. The molecule has 130 valence electrons. The van der Waals surface area contributed by atoms with E-state index in [9.17, 15) is 0 Å². The van der Waals surface area contributed by atoms with Crippen LogP contribution in [0.1, 0.15) is 19.7 Å². The first-order valence-corrected chi connectivity index (χ1v) is 9.08. The third-order valence-corrected chi connectivity index (χ3v) is 4.66. The van der Waals surface area contributed by atoms with Crippen LogP contribution in [-0.4, -0.2) is 45.6 Å². The van der Waals surface area contributed by atoms with Gasteiger partial charge in [-0.15, -0.1) is 10.2 Å². The molecule has 5 nitrogen and oxygen atoms in total. The van der Waals surface area contributed by atoms with Gasteiger partial charge in [0.1, 0.15) is 11.6 Å². The first-order chi connectivity index (χ1) is 11.6. The normalized spacial score (nSPS) is 12.0.